The smallest absolute Gasteiger partial charge is 0.433 e. The molecule has 0 N–H and O–H groups in total. The number of hydrogen-bond donors (Lipinski definition) is 0. The molecule has 0 aliphatic heterocycles. The quantitative estimate of drug-likeness (QED) is 0.407. The van der Waals surface area contributed by atoms with Crippen molar-refractivity contribution in [3.05, 3.63) is 58.6 Å². The fourth-order valence-electron chi connectivity index (χ4n) is 2.30. The molecule has 2 aromatic carbocycles. The molecule has 0 saturated carbocycles. The van der Waals surface area contributed by atoms with Gasteiger partial charge in [-0.15, -0.1) is 0 Å². The second-order valence-electron chi connectivity index (χ2n) is 4.55. The Bertz CT molecular complexity index is 984. The molecule has 0 aliphatic carbocycles. The van der Waals surface area contributed by atoms with Crippen molar-refractivity contribution in [2.45, 2.75) is 0 Å². The first-order valence-electron chi connectivity index (χ1n) is 6.25. The normalized spacial score (nSPS) is 11.2. The summed E-state index contributed by atoms with van der Waals surface area (Å²) in [6.07, 6.45) is 0. The van der Waals surface area contributed by atoms with Gasteiger partial charge in [0.25, 0.3) is 5.89 Å². The van der Waals surface area contributed by atoms with Gasteiger partial charge in [0.05, 0.1) is 6.07 Å². The Morgan fingerprint density at radius 1 is 1.00 bits per heavy atom. The molecule has 0 spiro atoms. The standard InChI is InChI=1S/C15H8N2O4/c18-17(19)13-8-7-12(20-13)15-16-11-6-5-9-3-1-2-4-10(9)14(11)21-15/h1-8H. The van der Waals surface area contributed by atoms with Crippen molar-refractivity contribution in [2.24, 2.45) is 0 Å². The summed E-state index contributed by atoms with van der Waals surface area (Å²) in [6.45, 7) is 0. The van der Waals surface area contributed by atoms with Crippen molar-refractivity contribution in [3.63, 3.8) is 0 Å². The predicted molar refractivity (Wildman–Crippen MR) is 75.9 cm³/mol. The maximum Gasteiger partial charge on any atom is 0.433 e. The first-order valence-corrected chi connectivity index (χ1v) is 6.25. The highest BCUT2D eigenvalue weighted by Gasteiger charge is 2.18. The lowest BCUT2D eigenvalue weighted by atomic mass is 10.1. The minimum Gasteiger partial charge on any atom is -0.433 e. The molecule has 0 unspecified atom stereocenters. The van der Waals surface area contributed by atoms with Gasteiger partial charge in [0.1, 0.15) is 10.4 Å². The maximum atomic E-state index is 10.7. The van der Waals surface area contributed by atoms with Crippen LogP contribution in [0.5, 0.6) is 0 Å². The predicted octanol–water partition coefficient (Wildman–Crippen LogP) is 4.15. The van der Waals surface area contributed by atoms with E-state index in [4.69, 9.17) is 8.83 Å². The van der Waals surface area contributed by atoms with E-state index in [2.05, 4.69) is 4.98 Å². The fraction of sp³-hybridized carbons (Fsp3) is 0. The van der Waals surface area contributed by atoms with E-state index in [0.29, 0.717) is 11.1 Å². The molecule has 6 nitrogen and oxygen atoms in total. The van der Waals surface area contributed by atoms with Gasteiger partial charge in [0.2, 0.25) is 0 Å². The Hall–Kier alpha value is -3.15. The Labute approximate surface area is 117 Å². The summed E-state index contributed by atoms with van der Waals surface area (Å²) in [5, 5.41) is 12.6. The molecule has 2 aromatic heterocycles. The van der Waals surface area contributed by atoms with E-state index in [1.54, 1.807) is 0 Å². The van der Waals surface area contributed by atoms with Gasteiger partial charge in [-0.3, -0.25) is 10.1 Å². The molecular formula is C15H8N2O4. The molecule has 0 amide bonds. The Kier molecular flexibility index (Phi) is 2.32. The fourth-order valence-corrected chi connectivity index (χ4v) is 2.30. The number of nitro groups is 1. The van der Waals surface area contributed by atoms with Crippen LogP contribution in [0.4, 0.5) is 5.88 Å². The van der Waals surface area contributed by atoms with Gasteiger partial charge in [-0.1, -0.05) is 30.3 Å². The van der Waals surface area contributed by atoms with Gasteiger partial charge in [-0.25, -0.2) is 4.98 Å². The first kappa shape index (κ1) is 11.7. The molecular weight excluding hydrogens is 272 g/mol. The summed E-state index contributed by atoms with van der Waals surface area (Å²) < 4.78 is 10.9. The number of aromatic nitrogens is 1. The summed E-state index contributed by atoms with van der Waals surface area (Å²) in [5.74, 6) is 0.133. The molecule has 0 atom stereocenters. The number of furan rings is 1. The van der Waals surface area contributed by atoms with Crippen LogP contribution in [0.2, 0.25) is 0 Å². The van der Waals surface area contributed by atoms with Crippen LogP contribution >= 0.6 is 0 Å². The van der Waals surface area contributed by atoms with Crippen molar-refractivity contribution in [1.29, 1.82) is 0 Å². The van der Waals surface area contributed by atoms with E-state index in [-0.39, 0.29) is 17.5 Å². The van der Waals surface area contributed by atoms with Crippen molar-refractivity contribution < 1.29 is 13.8 Å². The highest BCUT2D eigenvalue weighted by molar-refractivity contribution is 6.03. The Balaban J connectivity index is 1.93. The monoisotopic (exact) mass is 280 g/mol. The summed E-state index contributed by atoms with van der Waals surface area (Å²) in [5.41, 5.74) is 1.32. The minimum atomic E-state index is -0.596. The van der Waals surface area contributed by atoms with Gasteiger partial charge in [0.15, 0.2) is 11.3 Å². The maximum absolute atomic E-state index is 10.7. The third-order valence-corrected chi connectivity index (χ3v) is 3.26. The van der Waals surface area contributed by atoms with Gasteiger partial charge >= 0.3 is 5.88 Å². The molecule has 4 rings (SSSR count). The topological polar surface area (TPSA) is 82.3 Å². The zero-order valence-corrected chi connectivity index (χ0v) is 10.6. The van der Waals surface area contributed by atoms with Gasteiger partial charge < -0.3 is 8.83 Å². The van der Waals surface area contributed by atoms with Crippen LogP contribution in [-0.4, -0.2) is 9.91 Å². The van der Waals surface area contributed by atoms with Crippen LogP contribution in [0.1, 0.15) is 0 Å². The van der Waals surface area contributed by atoms with Gasteiger partial charge in [-0.2, -0.15) is 0 Å². The highest BCUT2D eigenvalue weighted by atomic mass is 16.6. The van der Waals surface area contributed by atoms with Crippen LogP contribution < -0.4 is 0 Å². The lowest BCUT2D eigenvalue weighted by Gasteiger charge is -1.95. The van der Waals surface area contributed by atoms with E-state index in [1.165, 1.54) is 12.1 Å². The average Bonchev–Trinajstić information content (AvgIpc) is 3.13. The van der Waals surface area contributed by atoms with Crippen molar-refractivity contribution in [1.82, 2.24) is 4.98 Å². The number of hydrogen-bond acceptors (Lipinski definition) is 5. The minimum absolute atomic E-state index is 0.231. The molecule has 0 aliphatic rings. The SMILES string of the molecule is O=[N+]([O-])c1ccc(-c2nc3ccc4ccccc4c3o2)o1. The molecule has 21 heavy (non-hydrogen) atoms. The number of rotatable bonds is 2. The molecule has 4 aromatic rings. The molecule has 0 radical (unpaired) electrons. The van der Waals surface area contributed by atoms with Crippen molar-refractivity contribution >= 4 is 27.8 Å². The molecule has 0 bridgehead atoms. The van der Waals surface area contributed by atoms with E-state index in [0.717, 1.165) is 10.8 Å². The average molecular weight is 280 g/mol. The Morgan fingerprint density at radius 3 is 2.67 bits per heavy atom. The highest BCUT2D eigenvalue weighted by Crippen LogP contribution is 2.31. The van der Waals surface area contributed by atoms with Crippen LogP contribution in [0.25, 0.3) is 33.5 Å². The van der Waals surface area contributed by atoms with E-state index < -0.39 is 4.92 Å². The number of fused-ring (bicyclic) bond motifs is 3. The third-order valence-electron chi connectivity index (χ3n) is 3.26. The largest absolute Gasteiger partial charge is 0.433 e. The second kappa shape index (κ2) is 4.17. The molecule has 6 heteroatoms. The van der Waals surface area contributed by atoms with Gasteiger partial charge in [0, 0.05) is 5.39 Å². The number of oxazole rings is 1. The third kappa shape index (κ3) is 1.77. The van der Waals surface area contributed by atoms with Gasteiger partial charge in [-0.05, 0) is 17.5 Å². The molecule has 0 saturated heterocycles. The molecule has 0 fully saturated rings. The molecule has 102 valence electrons. The first-order chi connectivity index (χ1) is 10.2. The number of benzene rings is 2. The van der Waals surface area contributed by atoms with E-state index in [9.17, 15) is 10.1 Å². The zero-order chi connectivity index (χ0) is 14.4. The summed E-state index contributed by atoms with van der Waals surface area (Å²) in [6, 6.07) is 14.3. The molecule has 2 heterocycles. The Morgan fingerprint density at radius 2 is 1.86 bits per heavy atom. The zero-order valence-electron chi connectivity index (χ0n) is 10.6. The summed E-state index contributed by atoms with van der Waals surface area (Å²) in [7, 11) is 0. The van der Waals surface area contributed by atoms with Crippen molar-refractivity contribution in [2.75, 3.05) is 0 Å². The van der Waals surface area contributed by atoms with Crippen LogP contribution in [-0.2, 0) is 0 Å². The lowest BCUT2D eigenvalue weighted by Crippen LogP contribution is -1.82. The van der Waals surface area contributed by atoms with Crippen LogP contribution in [0.3, 0.4) is 0 Å². The van der Waals surface area contributed by atoms with E-state index >= 15 is 0 Å². The second-order valence-corrected chi connectivity index (χ2v) is 4.55. The van der Waals surface area contributed by atoms with Crippen LogP contribution in [0.15, 0.2) is 57.4 Å². The summed E-state index contributed by atoms with van der Waals surface area (Å²) in [4.78, 5) is 14.4. The van der Waals surface area contributed by atoms with Crippen LogP contribution in [0, 0.1) is 10.1 Å². The number of nitrogens with zero attached hydrogens (tertiary/aromatic N) is 2. The van der Waals surface area contributed by atoms with Crippen molar-refractivity contribution in [3.8, 4) is 11.7 Å². The van der Waals surface area contributed by atoms with E-state index in [1.807, 2.05) is 36.4 Å². The summed E-state index contributed by atoms with van der Waals surface area (Å²) >= 11 is 0. The lowest BCUT2D eigenvalue weighted by molar-refractivity contribution is -0.401.